The van der Waals surface area contributed by atoms with Crippen LogP contribution in [0, 0.1) is 13.8 Å². The van der Waals surface area contributed by atoms with Gasteiger partial charge in [-0.2, -0.15) is 0 Å². The molecular weight excluding hydrogens is 482 g/mol. The summed E-state index contributed by atoms with van der Waals surface area (Å²) in [5.41, 5.74) is 3.83. The Hall–Kier alpha value is -2.36. The summed E-state index contributed by atoms with van der Waals surface area (Å²) in [6.45, 7) is 5.64. The Morgan fingerprint density at radius 2 is 1.90 bits per heavy atom. The number of para-hydroxylation sites is 1. The Morgan fingerprint density at radius 1 is 1.19 bits per heavy atom. The summed E-state index contributed by atoms with van der Waals surface area (Å²) in [5, 5.41) is -0.419. The average molecular weight is 504 g/mol. The number of thioether (sulfide) groups is 1. The quantitative estimate of drug-likeness (QED) is 0.594. The molecule has 0 aliphatic carbocycles. The summed E-state index contributed by atoms with van der Waals surface area (Å²) >= 11 is 4.46. The standard InChI is InChI=1S/C22H22BrN3O4S/c1-14-11-16(15(2)26(14)18-6-4-3-5-17(18)23)12-19-21(28)25(22(29)31-19)13-20(27)24-7-9-30-10-8-24/h3-6,11-12H,7-10,13H2,1-2H3/b19-12+. The molecule has 1 aromatic heterocycles. The molecule has 4 rings (SSSR count). The number of hydrogen-bond donors (Lipinski definition) is 0. The predicted molar refractivity (Wildman–Crippen MR) is 123 cm³/mol. The maximum Gasteiger partial charge on any atom is 0.294 e. The molecule has 2 saturated heterocycles. The number of aromatic nitrogens is 1. The molecule has 0 unspecified atom stereocenters. The molecule has 31 heavy (non-hydrogen) atoms. The van der Waals surface area contributed by atoms with Crippen molar-refractivity contribution in [3.63, 3.8) is 0 Å². The number of morpholine rings is 1. The highest BCUT2D eigenvalue weighted by Gasteiger charge is 2.37. The van der Waals surface area contributed by atoms with E-state index < -0.39 is 11.1 Å². The number of carbonyl (C=O) groups is 3. The number of benzene rings is 1. The minimum Gasteiger partial charge on any atom is -0.378 e. The number of halogens is 1. The van der Waals surface area contributed by atoms with Gasteiger partial charge in [-0.25, -0.2) is 0 Å². The van der Waals surface area contributed by atoms with E-state index in [9.17, 15) is 14.4 Å². The van der Waals surface area contributed by atoms with Crippen molar-refractivity contribution in [2.75, 3.05) is 32.8 Å². The number of ether oxygens (including phenoxy) is 1. The smallest absolute Gasteiger partial charge is 0.294 e. The largest absolute Gasteiger partial charge is 0.378 e. The summed E-state index contributed by atoms with van der Waals surface area (Å²) < 4.78 is 8.31. The molecule has 0 saturated carbocycles. The Bertz CT molecular complexity index is 1090. The molecule has 162 valence electrons. The molecule has 1 aromatic carbocycles. The first-order valence-electron chi connectivity index (χ1n) is 9.91. The van der Waals surface area contributed by atoms with Crippen LogP contribution in [0.2, 0.25) is 0 Å². The van der Waals surface area contributed by atoms with Crippen LogP contribution in [0.1, 0.15) is 17.0 Å². The summed E-state index contributed by atoms with van der Waals surface area (Å²) in [6, 6.07) is 9.90. The third kappa shape index (κ3) is 4.35. The van der Waals surface area contributed by atoms with Gasteiger partial charge in [-0.15, -0.1) is 0 Å². The molecule has 7 nitrogen and oxygen atoms in total. The molecule has 9 heteroatoms. The fourth-order valence-corrected chi connectivity index (χ4v) is 5.05. The third-order valence-electron chi connectivity index (χ3n) is 5.38. The van der Waals surface area contributed by atoms with E-state index >= 15 is 0 Å². The van der Waals surface area contributed by atoms with Gasteiger partial charge >= 0.3 is 0 Å². The van der Waals surface area contributed by atoms with Gasteiger partial charge in [0.05, 0.1) is 23.8 Å². The average Bonchev–Trinajstić information content (AvgIpc) is 3.18. The molecule has 2 fully saturated rings. The molecule has 0 radical (unpaired) electrons. The lowest BCUT2D eigenvalue weighted by Crippen LogP contribution is -2.46. The van der Waals surface area contributed by atoms with Crippen LogP contribution in [0.4, 0.5) is 4.79 Å². The Morgan fingerprint density at radius 3 is 2.61 bits per heavy atom. The van der Waals surface area contributed by atoms with Crippen LogP contribution in [-0.4, -0.2) is 64.3 Å². The second-order valence-electron chi connectivity index (χ2n) is 7.37. The van der Waals surface area contributed by atoms with Crippen molar-refractivity contribution in [2.24, 2.45) is 0 Å². The van der Waals surface area contributed by atoms with Gasteiger partial charge in [0, 0.05) is 29.0 Å². The van der Waals surface area contributed by atoms with Crippen molar-refractivity contribution in [3.05, 3.63) is 56.7 Å². The van der Waals surface area contributed by atoms with Gasteiger partial charge < -0.3 is 14.2 Å². The van der Waals surface area contributed by atoms with Crippen LogP contribution in [0.3, 0.4) is 0 Å². The number of aryl methyl sites for hydroxylation is 1. The van der Waals surface area contributed by atoms with Crippen LogP contribution < -0.4 is 0 Å². The number of nitrogens with zero attached hydrogens (tertiary/aromatic N) is 3. The minimum atomic E-state index is -0.428. The first-order valence-corrected chi connectivity index (χ1v) is 11.5. The van der Waals surface area contributed by atoms with Gasteiger partial charge in [-0.1, -0.05) is 12.1 Å². The van der Waals surface area contributed by atoms with Gasteiger partial charge in [0.25, 0.3) is 11.1 Å². The second kappa shape index (κ2) is 9.02. The van der Waals surface area contributed by atoms with Crippen molar-refractivity contribution in [3.8, 4) is 5.69 Å². The fraction of sp³-hybridized carbons (Fsp3) is 0.318. The van der Waals surface area contributed by atoms with E-state index in [4.69, 9.17) is 4.74 Å². The topological polar surface area (TPSA) is 71.9 Å². The van der Waals surface area contributed by atoms with E-state index in [1.165, 1.54) is 0 Å². The van der Waals surface area contributed by atoms with E-state index in [-0.39, 0.29) is 12.5 Å². The van der Waals surface area contributed by atoms with E-state index in [2.05, 4.69) is 20.5 Å². The summed E-state index contributed by atoms with van der Waals surface area (Å²) in [5.74, 6) is -0.666. The van der Waals surface area contributed by atoms with Crippen molar-refractivity contribution >= 4 is 50.8 Å². The van der Waals surface area contributed by atoms with Crippen LogP contribution in [0.25, 0.3) is 11.8 Å². The second-order valence-corrected chi connectivity index (χ2v) is 9.22. The number of hydrogen-bond acceptors (Lipinski definition) is 5. The van der Waals surface area contributed by atoms with Crippen molar-refractivity contribution in [2.45, 2.75) is 13.8 Å². The molecule has 2 aliphatic rings. The number of imide groups is 1. The molecular formula is C22H22BrN3O4S. The summed E-state index contributed by atoms with van der Waals surface area (Å²) in [7, 11) is 0. The number of amides is 3. The molecule has 2 aliphatic heterocycles. The Balaban J connectivity index is 1.57. The molecule has 0 N–H and O–H groups in total. The molecule has 0 spiro atoms. The lowest BCUT2D eigenvalue weighted by Gasteiger charge is -2.28. The summed E-state index contributed by atoms with van der Waals surface area (Å²) in [6.07, 6.45) is 1.74. The fourth-order valence-electron chi connectivity index (χ4n) is 3.76. The van der Waals surface area contributed by atoms with Gasteiger partial charge in [0.1, 0.15) is 6.54 Å². The zero-order valence-corrected chi connectivity index (χ0v) is 19.7. The molecule has 3 heterocycles. The normalized spacial score (nSPS) is 18.4. The molecule has 0 atom stereocenters. The number of carbonyl (C=O) groups excluding carboxylic acids is 3. The highest BCUT2D eigenvalue weighted by atomic mass is 79.9. The molecule has 3 amide bonds. The van der Waals surface area contributed by atoms with Gasteiger partial charge in [0.15, 0.2) is 0 Å². The molecule has 2 aromatic rings. The highest BCUT2D eigenvalue weighted by Crippen LogP contribution is 2.34. The lowest BCUT2D eigenvalue weighted by atomic mass is 10.2. The monoisotopic (exact) mass is 503 g/mol. The summed E-state index contributed by atoms with van der Waals surface area (Å²) in [4.78, 5) is 40.8. The van der Waals surface area contributed by atoms with Crippen LogP contribution in [-0.2, 0) is 14.3 Å². The van der Waals surface area contributed by atoms with Crippen LogP contribution in [0.5, 0.6) is 0 Å². The Kier molecular flexibility index (Phi) is 6.36. The van der Waals surface area contributed by atoms with Gasteiger partial charge in [0.2, 0.25) is 5.91 Å². The maximum atomic E-state index is 12.9. The van der Waals surface area contributed by atoms with E-state index in [0.717, 1.165) is 43.8 Å². The van der Waals surface area contributed by atoms with Crippen LogP contribution >= 0.6 is 27.7 Å². The third-order valence-corrected chi connectivity index (χ3v) is 6.96. The van der Waals surface area contributed by atoms with Gasteiger partial charge in [-0.05, 0) is 71.4 Å². The lowest BCUT2D eigenvalue weighted by molar-refractivity contribution is -0.139. The van der Waals surface area contributed by atoms with E-state index in [0.29, 0.717) is 31.2 Å². The van der Waals surface area contributed by atoms with Crippen molar-refractivity contribution in [1.82, 2.24) is 14.4 Å². The zero-order chi connectivity index (χ0) is 22.1. The van der Waals surface area contributed by atoms with E-state index in [1.807, 2.05) is 44.2 Å². The number of rotatable bonds is 4. The maximum absolute atomic E-state index is 12.9. The van der Waals surface area contributed by atoms with Crippen molar-refractivity contribution < 1.29 is 19.1 Å². The first-order chi connectivity index (χ1) is 14.9. The zero-order valence-electron chi connectivity index (χ0n) is 17.3. The van der Waals surface area contributed by atoms with Gasteiger partial charge in [-0.3, -0.25) is 19.3 Å². The first kappa shape index (κ1) is 21.9. The SMILES string of the molecule is Cc1cc(/C=C2/SC(=O)N(CC(=O)N3CCOCC3)C2=O)c(C)n1-c1ccccc1Br. The van der Waals surface area contributed by atoms with Crippen LogP contribution in [0.15, 0.2) is 39.7 Å². The molecule has 0 bridgehead atoms. The Labute approximate surface area is 193 Å². The predicted octanol–water partition coefficient (Wildman–Crippen LogP) is 3.75. The highest BCUT2D eigenvalue weighted by molar-refractivity contribution is 9.10. The minimum absolute atomic E-state index is 0.237. The van der Waals surface area contributed by atoms with Crippen molar-refractivity contribution in [1.29, 1.82) is 0 Å². The van der Waals surface area contributed by atoms with E-state index in [1.54, 1.807) is 11.0 Å².